The Bertz CT molecular complexity index is 1410. The lowest BCUT2D eigenvalue weighted by Gasteiger charge is -2.11. The predicted molar refractivity (Wildman–Crippen MR) is 121 cm³/mol. The average molecular weight is 487 g/mol. The van der Waals surface area contributed by atoms with Gasteiger partial charge in [0.1, 0.15) is 34.3 Å². The molecule has 6 nitrogen and oxygen atoms in total. The van der Waals surface area contributed by atoms with E-state index in [1.165, 1.54) is 37.4 Å². The SMILES string of the molecule is COc1ccc(-c2cc(C(=O)NCc3ccc(F)cc3C)c(CN)o2)c2ccc(C(F)(F)F)nc12. The first-order valence-electron chi connectivity index (χ1n) is 10.5. The van der Waals surface area contributed by atoms with Crippen molar-refractivity contribution in [3.05, 3.63) is 82.5 Å². The Labute approximate surface area is 197 Å². The number of methoxy groups -OCH3 is 1. The maximum absolute atomic E-state index is 13.3. The number of nitrogens with one attached hydrogen (secondary N) is 1. The number of aryl methyl sites for hydroxylation is 1. The van der Waals surface area contributed by atoms with Gasteiger partial charge in [0.05, 0.1) is 19.2 Å². The van der Waals surface area contributed by atoms with E-state index in [2.05, 4.69) is 10.3 Å². The number of aromatic nitrogens is 1. The second-order valence-electron chi connectivity index (χ2n) is 7.81. The monoisotopic (exact) mass is 487 g/mol. The smallest absolute Gasteiger partial charge is 0.433 e. The summed E-state index contributed by atoms with van der Waals surface area (Å²) in [6, 6.07) is 11.0. The fraction of sp³-hybridized carbons (Fsp3) is 0.200. The van der Waals surface area contributed by atoms with E-state index in [0.29, 0.717) is 16.5 Å². The highest BCUT2D eigenvalue weighted by molar-refractivity contribution is 6.00. The van der Waals surface area contributed by atoms with Gasteiger partial charge in [-0.3, -0.25) is 4.79 Å². The fourth-order valence-corrected chi connectivity index (χ4v) is 3.76. The molecule has 1 amide bonds. The summed E-state index contributed by atoms with van der Waals surface area (Å²) in [5.41, 5.74) is 6.76. The van der Waals surface area contributed by atoms with Gasteiger partial charge in [-0.2, -0.15) is 13.2 Å². The zero-order valence-corrected chi connectivity index (χ0v) is 18.8. The van der Waals surface area contributed by atoms with Gasteiger partial charge in [-0.25, -0.2) is 9.37 Å². The molecule has 4 rings (SSSR count). The Morgan fingerprint density at radius 1 is 1.14 bits per heavy atom. The molecule has 3 N–H and O–H groups in total. The van der Waals surface area contributed by atoms with Crippen LogP contribution in [0.15, 0.2) is 52.9 Å². The molecule has 0 atom stereocenters. The largest absolute Gasteiger partial charge is 0.494 e. The van der Waals surface area contributed by atoms with Crippen LogP contribution in [0.25, 0.3) is 22.2 Å². The minimum absolute atomic E-state index is 0.00306. The van der Waals surface area contributed by atoms with Crippen molar-refractivity contribution in [3.8, 4) is 17.1 Å². The Morgan fingerprint density at radius 2 is 1.91 bits per heavy atom. The maximum Gasteiger partial charge on any atom is 0.433 e. The molecular weight excluding hydrogens is 466 g/mol. The number of benzene rings is 2. The molecule has 0 spiro atoms. The van der Waals surface area contributed by atoms with Crippen molar-refractivity contribution in [2.75, 3.05) is 7.11 Å². The van der Waals surface area contributed by atoms with Crippen molar-refractivity contribution in [2.45, 2.75) is 26.2 Å². The maximum atomic E-state index is 13.3. The van der Waals surface area contributed by atoms with Crippen LogP contribution in [-0.4, -0.2) is 18.0 Å². The normalized spacial score (nSPS) is 11.6. The minimum Gasteiger partial charge on any atom is -0.494 e. The van der Waals surface area contributed by atoms with Crippen molar-refractivity contribution in [2.24, 2.45) is 5.73 Å². The zero-order chi connectivity index (χ0) is 25.3. The molecule has 2 aromatic carbocycles. The first-order valence-corrected chi connectivity index (χ1v) is 10.5. The number of halogens is 4. The van der Waals surface area contributed by atoms with Crippen LogP contribution in [0.4, 0.5) is 17.6 Å². The van der Waals surface area contributed by atoms with Crippen LogP contribution < -0.4 is 15.8 Å². The molecule has 0 aliphatic rings. The van der Waals surface area contributed by atoms with E-state index in [-0.39, 0.29) is 47.3 Å². The number of rotatable bonds is 6. The molecule has 2 heterocycles. The molecule has 4 aromatic rings. The number of carbonyl (C=O) groups excluding carboxylic acids is 1. The Morgan fingerprint density at radius 3 is 2.57 bits per heavy atom. The van der Waals surface area contributed by atoms with Crippen LogP contribution in [0.5, 0.6) is 5.75 Å². The zero-order valence-electron chi connectivity index (χ0n) is 18.8. The highest BCUT2D eigenvalue weighted by atomic mass is 19.4. The molecule has 10 heteroatoms. The number of ether oxygens (including phenoxy) is 1. The predicted octanol–water partition coefficient (Wildman–Crippen LogP) is 5.36. The first-order chi connectivity index (χ1) is 16.6. The molecule has 2 aromatic heterocycles. The summed E-state index contributed by atoms with van der Waals surface area (Å²) in [6.45, 7) is 1.81. The van der Waals surface area contributed by atoms with Crippen LogP contribution in [0, 0.1) is 12.7 Å². The van der Waals surface area contributed by atoms with Crippen molar-refractivity contribution in [1.29, 1.82) is 0 Å². The summed E-state index contributed by atoms with van der Waals surface area (Å²) in [7, 11) is 1.33. The fourth-order valence-electron chi connectivity index (χ4n) is 3.76. The third-order valence-corrected chi connectivity index (χ3v) is 5.58. The van der Waals surface area contributed by atoms with E-state index >= 15 is 0 Å². The van der Waals surface area contributed by atoms with E-state index in [0.717, 1.165) is 11.6 Å². The van der Waals surface area contributed by atoms with Gasteiger partial charge in [0.2, 0.25) is 0 Å². The number of nitrogens with two attached hydrogens (primary N) is 1. The molecule has 0 unspecified atom stereocenters. The molecular formula is C25H21F4N3O3. The van der Waals surface area contributed by atoms with Gasteiger partial charge >= 0.3 is 6.18 Å². The molecule has 0 aliphatic heterocycles. The highest BCUT2D eigenvalue weighted by Gasteiger charge is 2.33. The van der Waals surface area contributed by atoms with Gasteiger partial charge in [-0.1, -0.05) is 6.07 Å². The number of hydrogen-bond acceptors (Lipinski definition) is 5. The van der Waals surface area contributed by atoms with Gasteiger partial charge in [0.25, 0.3) is 5.91 Å². The third kappa shape index (κ3) is 4.83. The molecule has 0 saturated heterocycles. The quantitative estimate of drug-likeness (QED) is 0.358. The van der Waals surface area contributed by atoms with Crippen LogP contribution in [0.2, 0.25) is 0 Å². The summed E-state index contributed by atoms with van der Waals surface area (Å²) in [6.07, 6.45) is -4.62. The van der Waals surface area contributed by atoms with Crippen LogP contribution in [0.1, 0.15) is 32.9 Å². The number of furan rings is 1. The van der Waals surface area contributed by atoms with E-state index in [1.54, 1.807) is 19.1 Å². The summed E-state index contributed by atoms with van der Waals surface area (Å²) in [4.78, 5) is 16.6. The van der Waals surface area contributed by atoms with Crippen LogP contribution in [-0.2, 0) is 19.3 Å². The van der Waals surface area contributed by atoms with E-state index in [9.17, 15) is 22.4 Å². The van der Waals surface area contributed by atoms with Gasteiger partial charge < -0.3 is 20.2 Å². The van der Waals surface area contributed by atoms with Crippen molar-refractivity contribution in [1.82, 2.24) is 10.3 Å². The summed E-state index contributed by atoms with van der Waals surface area (Å²) < 4.78 is 64.0. The Balaban J connectivity index is 1.70. The average Bonchev–Trinajstić information content (AvgIpc) is 3.26. The summed E-state index contributed by atoms with van der Waals surface area (Å²) in [5, 5.41) is 3.11. The molecule has 0 fully saturated rings. The van der Waals surface area contributed by atoms with Gasteiger partial charge in [-0.15, -0.1) is 0 Å². The van der Waals surface area contributed by atoms with E-state index in [1.807, 2.05) is 0 Å². The Hall–Kier alpha value is -3.92. The van der Waals surface area contributed by atoms with Gasteiger partial charge in [0.15, 0.2) is 0 Å². The molecule has 35 heavy (non-hydrogen) atoms. The Kier molecular flexibility index (Phi) is 6.49. The second-order valence-corrected chi connectivity index (χ2v) is 7.81. The number of hydrogen-bond donors (Lipinski definition) is 2. The topological polar surface area (TPSA) is 90.4 Å². The molecule has 0 saturated carbocycles. The van der Waals surface area contributed by atoms with Crippen LogP contribution >= 0.6 is 0 Å². The molecule has 182 valence electrons. The summed E-state index contributed by atoms with van der Waals surface area (Å²) in [5.74, 6) is -0.224. The van der Waals surface area contributed by atoms with Crippen LogP contribution in [0.3, 0.4) is 0 Å². The van der Waals surface area contributed by atoms with Gasteiger partial charge in [-0.05, 0) is 60.5 Å². The number of fused-ring (bicyclic) bond motifs is 1. The number of pyridine rings is 1. The molecule has 0 aliphatic carbocycles. The number of amides is 1. The van der Waals surface area contributed by atoms with Crippen molar-refractivity contribution < 1.29 is 31.5 Å². The van der Waals surface area contributed by atoms with Gasteiger partial charge in [0, 0.05) is 17.5 Å². The van der Waals surface area contributed by atoms with E-state index in [4.69, 9.17) is 14.9 Å². The molecule has 0 radical (unpaired) electrons. The van der Waals surface area contributed by atoms with E-state index < -0.39 is 17.8 Å². The third-order valence-electron chi connectivity index (χ3n) is 5.58. The number of alkyl halides is 3. The van der Waals surface area contributed by atoms with Crippen molar-refractivity contribution in [3.63, 3.8) is 0 Å². The first kappa shape index (κ1) is 24.2. The lowest BCUT2D eigenvalue weighted by Crippen LogP contribution is -2.24. The standard InChI is InChI=1S/C25H21F4N3O3/c1-13-9-15(26)4-3-14(13)12-31-24(33)18-10-20(35-21(18)11-30)16-5-7-19(34-2)23-17(16)6-8-22(32-23)25(27,28)29/h3-10H,11-12,30H2,1-2H3,(H,31,33). The lowest BCUT2D eigenvalue weighted by molar-refractivity contribution is -0.140. The number of nitrogens with zero attached hydrogens (tertiary/aromatic N) is 1. The molecule has 0 bridgehead atoms. The highest BCUT2D eigenvalue weighted by Crippen LogP contribution is 2.37. The lowest BCUT2D eigenvalue weighted by atomic mass is 10.0. The second kappa shape index (κ2) is 9.38. The summed E-state index contributed by atoms with van der Waals surface area (Å²) >= 11 is 0. The number of carbonyl (C=O) groups is 1. The minimum atomic E-state index is -4.62. The van der Waals surface area contributed by atoms with Crippen molar-refractivity contribution >= 4 is 16.8 Å².